The van der Waals surface area contributed by atoms with Gasteiger partial charge in [-0.3, -0.25) is 0 Å². The number of allylic oxidation sites excluding steroid dienone is 1. The Hall–Kier alpha value is -2.42. The summed E-state index contributed by atoms with van der Waals surface area (Å²) in [6.45, 7) is 13.6. The summed E-state index contributed by atoms with van der Waals surface area (Å²) in [6, 6.07) is 8.10. The molecule has 142 valence electrons. The van der Waals surface area contributed by atoms with Gasteiger partial charge in [0.2, 0.25) is 0 Å². The fourth-order valence-electron chi connectivity index (χ4n) is 3.96. The molecule has 1 N–H and O–H groups in total. The standard InChI is InChI=1S/C24H29NO2/c1-15(17-7-8-21(22(26)27)25-14-17)11-18-13-20-19(12-16(18)2)23(3,4)9-10-24(20,5)6/h7-8,11-14H,9-10H2,1-6H3,(H,26,27)/b15-11+. The highest BCUT2D eigenvalue weighted by atomic mass is 16.4. The summed E-state index contributed by atoms with van der Waals surface area (Å²) in [4.78, 5) is 15.0. The number of pyridine rings is 1. The minimum atomic E-state index is -1.00. The molecule has 0 unspecified atom stereocenters. The highest BCUT2D eigenvalue weighted by molar-refractivity contribution is 5.86. The van der Waals surface area contributed by atoms with Crippen LogP contribution in [0.1, 0.15) is 85.8 Å². The predicted molar refractivity (Wildman–Crippen MR) is 111 cm³/mol. The minimum absolute atomic E-state index is 0.0699. The van der Waals surface area contributed by atoms with Crippen LogP contribution >= 0.6 is 0 Å². The van der Waals surface area contributed by atoms with Crippen LogP contribution in [-0.2, 0) is 10.8 Å². The summed E-state index contributed by atoms with van der Waals surface area (Å²) in [5.41, 5.74) is 7.89. The maximum Gasteiger partial charge on any atom is 0.354 e. The highest BCUT2D eigenvalue weighted by Gasteiger charge is 2.37. The van der Waals surface area contributed by atoms with Crippen LogP contribution in [0.15, 0.2) is 30.5 Å². The van der Waals surface area contributed by atoms with Gasteiger partial charge in [-0.25, -0.2) is 9.78 Å². The molecule has 3 nitrogen and oxygen atoms in total. The third-order valence-corrected chi connectivity index (χ3v) is 6.05. The van der Waals surface area contributed by atoms with Crippen molar-refractivity contribution in [2.45, 2.75) is 65.2 Å². The zero-order valence-corrected chi connectivity index (χ0v) is 17.2. The first-order chi connectivity index (χ1) is 12.5. The van der Waals surface area contributed by atoms with Crippen molar-refractivity contribution in [1.82, 2.24) is 4.98 Å². The minimum Gasteiger partial charge on any atom is -0.477 e. The lowest BCUT2D eigenvalue weighted by Crippen LogP contribution is -2.34. The van der Waals surface area contributed by atoms with Gasteiger partial charge in [0.1, 0.15) is 5.69 Å². The van der Waals surface area contributed by atoms with Gasteiger partial charge in [0.05, 0.1) is 0 Å². The Morgan fingerprint density at radius 3 is 2.19 bits per heavy atom. The van der Waals surface area contributed by atoms with Gasteiger partial charge < -0.3 is 5.11 Å². The van der Waals surface area contributed by atoms with E-state index in [9.17, 15) is 4.79 Å². The van der Waals surface area contributed by atoms with Gasteiger partial charge in [-0.1, -0.05) is 52.0 Å². The second-order valence-electron chi connectivity index (χ2n) is 9.09. The van der Waals surface area contributed by atoms with Crippen LogP contribution in [0.4, 0.5) is 0 Å². The maximum absolute atomic E-state index is 11.0. The summed E-state index contributed by atoms with van der Waals surface area (Å²) >= 11 is 0. The van der Waals surface area contributed by atoms with Crippen molar-refractivity contribution in [1.29, 1.82) is 0 Å². The Balaban J connectivity index is 2.05. The topological polar surface area (TPSA) is 50.2 Å². The van der Waals surface area contributed by atoms with E-state index in [4.69, 9.17) is 5.11 Å². The van der Waals surface area contributed by atoms with Crippen LogP contribution in [0.25, 0.3) is 11.6 Å². The van der Waals surface area contributed by atoms with E-state index in [0.717, 1.165) is 11.1 Å². The average Bonchev–Trinajstić information content (AvgIpc) is 2.60. The van der Waals surface area contributed by atoms with Crippen molar-refractivity contribution in [3.05, 3.63) is 64.0 Å². The largest absolute Gasteiger partial charge is 0.477 e. The molecule has 3 rings (SSSR count). The van der Waals surface area contributed by atoms with E-state index >= 15 is 0 Å². The molecule has 3 heteroatoms. The van der Waals surface area contributed by atoms with E-state index in [1.807, 2.05) is 13.0 Å². The maximum atomic E-state index is 11.0. The molecule has 0 saturated heterocycles. The summed E-state index contributed by atoms with van der Waals surface area (Å²) in [7, 11) is 0. The molecule has 1 aromatic heterocycles. The van der Waals surface area contributed by atoms with Crippen LogP contribution in [0.2, 0.25) is 0 Å². The van der Waals surface area contributed by atoms with E-state index in [1.54, 1.807) is 12.3 Å². The third-order valence-electron chi connectivity index (χ3n) is 6.05. The van der Waals surface area contributed by atoms with Crippen LogP contribution in [0, 0.1) is 6.92 Å². The third kappa shape index (κ3) is 3.69. The first-order valence-electron chi connectivity index (χ1n) is 9.55. The van der Waals surface area contributed by atoms with Gasteiger partial charge in [0, 0.05) is 6.20 Å². The molecule has 0 saturated carbocycles. The van der Waals surface area contributed by atoms with Crippen molar-refractivity contribution < 1.29 is 9.90 Å². The molecule has 27 heavy (non-hydrogen) atoms. The molecule has 1 aromatic carbocycles. The van der Waals surface area contributed by atoms with E-state index in [-0.39, 0.29) is 16.5 Å². The van der Waals surface area contributed by atoms with Crippen molar-refractivity contribution in [3.63, 3.8) is 0 Å². The highest BCUT2D eigenvalue weighted by Crippen LogP contribution is 2.46. The molecule has 0 radical (unpaired) electrons. The summed E-state index contributed by atoms with van der Waals surface area (Å²) in [5, 5.41) is 9.01. The molecule has 0 aliphatic heterocycles. The Labute approximate surface area is 162 Å². The van der Waals surface area contributed by atoms with Gasteiger partial charge >= 0.3 is 5.97 Å². The molecular weight excluding hydrogens is 334 g/mol. The second kappa shape index (κ2) is 6.63. The normalized spacial score (nSPS) is 18.1. The molecule has 0 atom stereocenters. The SMILES string of the molecule is C/C(=C\c1cc2c(cc1C)C(C)(C)CCC2(C)C)c1ccc(C(=O)O)nc1. The number of hydrogen-bond donors (Lipinski definition) is 1. The van der Waals surface area contributed by atoms with E-state index < -0.39 is 5.97 Å². The summed E-state index contributed by atoms with van der Waals surface area (Å²) in [6.07, 6.45) is 6.22. The molecule has 1 aliphatic rings. The molecule has 0 spiro atoms. The lowest BCUT2D eigenvalue weighted by atomic mass is 9.62. The number of benzene rings is 1. The predicted octanol–water partition coefficient (Wildman–Crippen LogP) is 6.00. The quantitative estimate of drug-likeness (QED) is 0.728. The number of carbonyl (C=O) groups is 1. The van der Waals surface area contributed by atoms with Crippen molar-refractivity contribution in [2.24, 2.45) is 0 Å². The van der Waals surface area contributed by atoms with Crippen LogP contribution in [0.5, 0.6) is 0 Å². The number of rotatable bonds is 3. The van der Waals surface area contributed by atoms with E-state index in [0.29, 0.717) is 0 Å². The Kier molecular flexibility index (Phi) is 4.75. The molecule has 0 amide bonds. The molecule has 0 fully saturated rings. The number of fused-ring (bicyclic) bond motifs is 1. The van der Waals surface area contributed by atoms with Crippen LogP contribution in [-0.4, -0.2) is 16.1 Å². The Morgan fingerprint density at radius 1 is 1.07 bits per heavy atom. The lowest BCUT2D eigenvalue weighted by molar-refractivity contribution is 0.0690. The van der Waals surface area contributed by atoms with E-state index in [2.05, 4.69) is 57.8 Å². The number of aryl methyl sites for hydroxylation is 1. The van der Waals surface area contributed by atoms with Gasteiger partial charge in [0.15, 0.2) is 0 Å². The first-order valence-corrected chi connectivity index (χ1v) is 9.55. The Morgan fingerprint density at radius 2 is 1.67 bits per heavy atom. The van der Waals surface area contributed by atoms with Crippen LogP contribution in [0.3, 0.4) is 0 Å². The van der Waals surface area contributed by atoms with Gasteiger partial charge in [-0.05, 0) is 77.0 Å². The molecule has 1 aliphatic carbocycles. The zero-order valence-electron chi connectivity index (χ0n) is 17.2. The smallest absolute Gasteiger partial charge is 0.354 e. The number of hydrogen-bond acceptors (Lipinski definition) is 2. The average molecular weight is 364 g/mol. The number of carboxylic acids is 1. The number of nitrogens with zero attached hydrogens (tertiary/aromatic N) is 1. The van der Waals surface area contributed by atoms with Crippen molar-refractivity contribution in [3.8, 4) is 0 Å². The van der Waals surface area contributed by atoms with Crippen LogP contribution < -0.4 is 0 Å². The second-order valence-corrected chi connectivity index (χ2v) is 9.09. The molecule has 1 heterocycles. The number of carboxylic acid groups (broad SMARTS) is 1. The molecule has 2 aromatic rings. The zero-order chi connectivity index (χ0) is 20.0. The van der Waals surface area contributed by atoms with Crippen molar-refractivity contribution in [2.75, 3.05) is 0 Å². The van der Waals surface area contributed by atoms with Gasteiger partial charge in [-0.15, -0.1) is 0 Å². The molecule has 0 bridgehead atoms. The number of aromatic carboxylic acids is 1. The lowest BCUT2D eigenvalue weighted by Gasteiger charge is -2.42. The fourth-order valence-corrected chi connectivity index (χ4v) is 3.96. The van der Waals surface area contributed by atoms with E-state index in [1.165, 1.54) is 35.1 Å². The van der Waals surface area contributed by atoms with Crippen molar-refractivity contribution >= 4 is 17.6 Å². The first kappa shape index (κ1) is 19.3. The fraction of sp³-hybridized carbons (Fsp3) is 0.417. The summed E-state index contributed by atoms with van der Waals surface area (Å²) < 4.78 is 0. The summed E-state index contributed by atoms with van der Waals surface area (Å²) in [5.74, 6) is -1.00. The Bertz CT molecular complexity index is 918. The number of aromatic nitrogens is 1. The van der Waals surface area contributed by atoms with Gasteiger partial charge in [-0.2, -0.15) is 0 Å². The van der Waals surface area contributed by atoms with Gasteiger partial charge in [0.25, 0.3) is 0 Å². The monoisotopic (exact) mass is 363 g/mol. The molecular formula is C24H29NO2.